The van der Waals surface area contributed by atoms with Gasteiger partial charge in [-0.25, -0.2) is 0 Å². The fourth-order valence-electron chi connectivity index (χ4n) is 6.22. The minimum atomic E-state index is 0.361. The van der Waals surface area contributed by atoms with Crippen LogP contribution in [0.4, 0.5) is 11.4 Å². The number of hydrogen-bond donors (Lipinski definition) is 0. The molecule has 0 radical (unpaired) electrons. The molecule has 204 valence electrons. The van der Waals surface area contributed by atoms with Crippen molar-refractivity contribution in [1.29, 1.82) is 0 Å². The van der Waals surface area contributed by atoms with E-state index in [1.165, 1.54) is 27.9 Å². The standard InChI is InChI=1S/C35H35BrN2O2/c1-3-18-40-35-32(36)19-24(20-33(35)39-2)23-37-27-21-30-28(25-10-6-4-7-11-25)14-16-38-17-15-29(31(22-27)34(30)38)26-12-8-5-9-13-26/h4-13,19-23,28-29H,3,14-18H2,1-2H3/t28-,29+. The molecule has 0 N–H and O–H groups in total. The molecule has 4 aromatic carbocycles. The monoisotopic (exact) mass is 594 g/mol. The van der Waals surface area contributed by atoms with Crippen molar-refractivity contribution in [2.24, 2.45) is 4.99 Å². The lowest BCUT2D eigenvalue weighted by atomic mass is 9.76. The lowest BCUT2D eigenvalue weighted by Gasteiger charge is -2.43. The van der Waals surface area contributed by atoms with Gasteiger partial charge in [0.15, 0.2) is 11.5 Å². The quantitative estimate of drug-likeness (QED) is 0.191. The van der Waals surface area contributed by atoms with E-state index in [0.717, 1.165) is 53.8 Å². The lowest BCUT2D eigenvalue weighted by molar-refractivity contribution is 0.292. The Balaban J connectivity index is 1.44. The average molecular weight is 596 g/mol. The Labute approximate surface area is 245 Å². The van der Waals surface area contributed by atoms with Crippen LogP contribution in [-0.2, 0) is 0 Å². The summed E-state index contributed by atoms with van der Waals surface area (Å²) in [5, 5.41) is 0. The molecule has 0 aliphatic carbocycles. The molecular formula is C35H35BrN2O2. The van der Waals surface area contributed by atoms with Gasteiger partial charge in [-0.05, 0) is 87.3 Å². The molecule has 0 fully saturated rings. The van der Waals surface area contributed by atoms with Crippen molar-refractivity contribution in [3.63, 3.8) is 0 Å². The summed E-state index contributed by atoms with van der Waals surface area (Å²) in [4.78, 5) is 7.65. The van der Waals surface area contributed by atoms with Gasteiger partial charge in [0.25, 0.3) is 0 Å². The number of anilines is 1. The Morgan fingerprint density at radius 2 is 1.48 bits per heavy atom. The zero-order chi connectivity index (χ0) is 27.5. The number of hydrogen-bond acceptors (Lipinski definition) is 4. The smallest absolute Gasteiger partial charge is 0.175 e. The minimum absolute atomic E-state index is 0.361. The van der Waals surface area contributed by atoms with Crippen LogP contribution in [0.25, 0.3) is 0 Å². The summed E-state index contributed by atoms with van der Waals surface area (Å²) in [5.41, 5.74) is 8.91. The molecule has 6 rings (SSSR count). The second-order valence-electron chi connectivity index (χ2n) is 10.6. The fraction of sp³-hybridized carbons (Fsp3) is 0.286. The predicted octanol–water partition coefficient (Wildman–Crippen LogP) is 8.87. The number of benzene rings is 4. The van der Waals surface area contributed by atoms with Crippen LogP contribution in [0, 0.1) is 0 Å². The van der Waals surface area contributed by atoms with E-state index >= 15 is 0 Å². The number of rotatable bonds is 8. The molecule has 40 heavy (non-hydrogen) atoms. The van der Waals surface area contributed by atoms with Crippen LogP contribution in [0.1, 0.15) is 65.8 Å². The van der Waals surface area contributed by atoms with Gasteiger partial charge < -0.3 is 14.4 Å². The summed E-state index contributed by atoms with van der Waals surface area (Å²) in [6.07, 6.45) is 5.10. The van der Waals surface area contributed by atoms with E-state index in [9.17, 15) is 0 Å². The number of halogens is 1. The second-order valence-corrected chi connectivity index (χ2v) is 11.5. The zero-order valence-corrected chi connectivity index (χ0v) is 24.7. The second kappa shape index (κ2) is 11.9. The van der Waals surface area contributed by atoms with Crippen LogP contribution in [0.3, 0.4) is 0 Å². The van der Waals surface area contributed by atoms with E-state index in [2.05, 4.69) is 101 Å². The maximum atomic E-state index is 5.92. The van der Waals surface area contributed by atoms with E-state index in [0.29, 0.717) is 24.2 Å². The van der Waals surface area contributed by atoms with Crippen LogP contribution >= 0.6 is 15.9 Å². The molecule has 2 atom stereocenters. The van der Waals surface area contributed by atoms with Crippen LogP contribution < -0.4 is 14.4 Å². The molecule has 2 heterocycles. The Morgan fingerprint density at radius 3 is 2.02 bits per heavy atom. The minimum Gasteiger partial charge on any atom is -0.493 e. The van der Waals surface area contributed by atoms with E-state index < -0.39 is 0 Å². The molecule has 4 nitrogen and oxygen atoms in total. The number of nitrogens with zero attached hydrogens (tertiary/aromatic N) is 2. The molecule has 0 saturated carbocycles. The molecule has 4 aromatic rings. The van der Waals surface area contributed by atoms with Gasteiger partial charge in [-0.2, -0.15) is 0 Å². The van der Waals surface area contributed by atoms with Gasteiger partial charge in [0.1, 0.15) is 0 Å². The fourth-order valence-corrected chi connectivity index (χ4v) is 6.80. The summed E-state index contributed by atoms with van der Waals surface area (Å²) >= 11 is 3.68. The molecule has 2 aliphatic heterocycles. The largest absolute Gasteiger partial charge is 0.493 e. The van der Waals surface area contributed by atoms with Gasteiger partial charge in [-0.15, -0.1) is 0 Å². The summed E-state index contributed by atoms with van der Waals surface area (Å²) in [6.45, 7) is 4.91. The van der Waals surface area contributed by atoms with E-state index in [4.69, 9.17) is 14.5 Å². The maximum absolute atomic E-state index is 5.92. The lowest BCUT2D eigenvalue weighted by Crippen LogP contribution is -2.37. The third-order valence-electron chi connectivity index (χ3n) is 8.06. The molecule has 0 spiro atoms. The van der Waals surface area contributed by atoms with E-state index in [-0.39, 0.29) is 0 Å². The summed E-state index contributed by atoms with van der Waals surface area (Å²) < 4.78 is 12.4. The zero-order valence-electron chi connectivity index (χ0n) is 23.1. The third kappa shape index (κ3) is 5.27. The molecule has 0 amide bonds. The van der Waals surface area contributed by atoms with Crippen molar-refractivity contribution < 1.29 is 9.47 Å². The normalized spacial score (nSPS) is 18.0. The molecule has 0 aromatic heterocycles. The average Bonchev–Trinajstić information content (AvgIpc) is 3.00. The first-order valence-corrected chi connectivity index (χ1v) is 15.0. The Bertz CT molecular complexity index is 1430. The van der Waals surface area contributed by atoms with Crippen LogP contribution in [0.2, 0.25) is 0 Å². The maximum Gasteiger partial charge on any atom is 0.175 e. The highest BCUT2D eigenvalue weighted by atomic mass is 79.9. The Morgan fingerprint density at radius 1 is 0.875 bits per heavy atom. The van der Waals surface area contributed by atoms with Crippen molar-refractivity contribution in [3.8, 4) is 11.5 Å². The topological polar surface area (TPSA) is 34.1 Å². The van der Waals surface area contributed by atoms with Gasteiger partial charge in [-0.3, -0.25) is 4.99 Å². The third-order valence-corrected chi connectivity index (χ3v) is 8.65. The van der Waals surface area contributed by atoms with Crippen LogP contribution in [0.5, 0.6) is 11.5 Å². The van der Waals surface area contributed by atoms with Gasteiger partial charge in [-0.1, -0.05) is 67.6 Å². The van der Waals surface area contributed by atoms with Crippen molar-refractivity contribution in [2.75, 3.05) is 31.7 Å². The summed E-state index contributed by atoms with van der Waals surface area (Å²) in [7, 11) is 1.68. The Kier molecular flexibility index (Phi) is 7.92. The van der Waals surface area contributed by atoms with Crippen LogP contribution in [0.15, 0.2) is 94.4 Å². The molecule has 0 bridgehead atoms. The van der Waals surface area contributed by atoms with Gasteiger partial charge in [0.05, 0.1) is 23.9 Å². The summed E-state index contributed by atoms with van der Waals surface area (Å²) in [5.74, 6) is 2.16. The van der Waals surface area contributed by atoms with Gasteiger partial charge in [0, 0.05) is 36.8 Å². The first-order chi connectivity index (χ1) is 19.7. The highest BCUT2D eigenvalue weighted by Gasteiger charge is 2.35. The van der Waals surface area contributed by atoms with Gasteiger partial charge >= 0.3 is 0 Å². The Hall–Kier alpha value is -3.57. The SMILES string of the molecule is CCCOc1c(Br)cc(C=Nc2cc3c4c(c2)[C@H](c2ccccc2)CCN4CC[C@@H]3c2ccccc2)cc1OC. The number of aliphatic imine (C=N–C) groups is 1. The summed E-state index contributed by atoms with van der Waals surface area (Å²) in [6, 6.07) is 30.6. The molecule has 0 saturated heterocycles. The van der Waals surface area contributed by atoms with E-state index in [1.807, 2.05) is 18.3 Å². The molecular weight excluding hydrogens is 560 g/mol. The van der Waals surface area contributed by atoms with Crippen molar-refractivity contribution in [3.05, 3.63) is 117 Å². The molecule has 2 aliphatic rings. The number of ether oxygens (including phenoxy) is 2. The van der Waals surface area contributed by atoms with Crippen LogP contribution in [-0.4, -0.2) is 33.0 Å². The van der Waals surface area contributed by atoms with Gasteiger partial charge in [0.2, 0.25) is 0 Å². The first kappa shape index (κ1) is 26.6. The highest BCUT2D eigenvalue weighted by molar-refractivity contribution is 9.10. The molecule has 5 heteroatoms. The highest BCUT2D eigenvalue weighted by Crippen LogP contribution is 2.50. The van der Waals surface area contributed by atoms with Crippen molar-refractivity contribution in [2.45, 2.75) is 38.0 Å². The number of methoxy groups -OCH3 is 1. The van der Waals surface area contributed by atoms with Crippen molar-refractivity contribution >= 4 is 33.5 Å². The van der Waals surface area contributed by atoms with E-state index in [1.54, 1.807) is 7.11 Å². The molecule has 0 unspecified atom stereocenters. The first-order valence-electron chi connectivity index (χ1n) is 14.2. The predicted molar refractivity (Wildman–Crippen MR) is 168 cm³/mol. The van der Waals surface area contributed by atoms with Crippen molar-refractivity contribution in [1.82, 2.24) is 0 Å².